The third-order valence-electron chi connectivity index (χ3n) is 2.71. The largest absolute Gasteiger partial charge is 0.481 e. The van der Waals surface area contributed by atoms with Crippen LogP contribution in [0.5, 0.6) is 0 Å². The first-order valence-electron chi connectivity index (χ1n) is 7.04. The number of carbonyl (C=O) groups is 1. The van der Waals surface area contributed by atoms with E-state index in [0.29, 0.717) is 12.3 Å². The zero-order valence-electron chi connectivity index (χ0n) is 13.2. The van der Waals surface area contributed by atoms with E-state index in [2.05, 4.69) is 13.8 Å². The molecule has 2 nitrogen and oxygen atoms in total. The lowest BCUT2D eigenvalue weighted by Gasteiger charge is -2.11. The van der Waals surface area contributed by atoms with Gasteiger partial charge >= 0.3 is 12.6 Å². The third-order valence-corrected chi connectivity index (χ3v) is 2.71. The fourth-order valence-corrected chi connectivity index (χ4v) is 1.67. The fourth-order valence-electron chi connectivity index (χ4n) is 1.67. The molecule has 1 aromatic carbocycles. The van der Waals surface area contributed by atoms with Crippen LogP contribution in [-0.4, -0.2) is 17.8 Å². The highest BCUT2D eigenvalue weighted by atomic mass is 19.4. The molecule has 1 atom stereocenters. The van der Waals surface area contributed by atoms with Crippen molar-refractivity contribution in [3.8, 4) is 0 Å². The number of alkyl halides is 3. The molecule has 1 rings (SSSR count). The second kappa shape index (κ2) is 12.2. The Morgan fingerprint density at radius 1 is 1.05 bits per heavy atom. The Hall–Kier alpha value is -1.52. The average Bonchev–Trinajstić information content (AvgIpc) is 2.41. The van der Waals surface area contributed by atoms with Gasteiger partial charge in [0, 0.05) is 0 Å². The van der Waals surface area contributed by atoms with E-state index in [9.17, 15) is 18.0 Å². The Bertz CT molecular complexity index is 373. The van der Waals surface area contributed by atoms with Crippen LogP contribution in [0.2, 0.25) is 0 Å². The number of carboxylic acid groups (broad SMARTS) is 1. The van der Waals surface area contributed by atoms with Gasteiger partial charge in [-0.3, -0.25) is 4.79 Å². The topological polar surface area (TPSA) is 37.3 Å². The molecule has 0 saturated heterocycles. The maximum Gasteiger partial charge on any atom is 0.379 e. The van der Waals surface area contributed by atoms with Gasteiger partial charge in [0.05, 0.1) is 5.92 Å². The van der Waals surface area contributed by atoms with Crippen molar-refractivity contribution < 1.29 is 23.1 Å². The summed E-state index contributed by atoms with van der Waals surface area (Å²) in [7, 11) is 0. The van der Waals surface area contributed by atoms with Crippen molar-refractivity contribution in [2.24, 2.45) is 0 Å². The van der Waals surface area contributed by atoms with Crippen LogP contribution in [0.15, 0.2) is 24.3 Å². The van der Waals surface area contributed by atoms with Gasteiger partial charge in [-0.05, 0) is 23.5 Å². The summed E-state index contributed by atoms with van der Waals surface area (Å²) >= 11 is 0. The zero-order chi connectivity index (χ0) is 17.0. The summed E-state index contributed by atoms with van der Waals surface area (Å²) in [4.78, 5) is 10.9. The van der Waals surface area contributed by atoms with Crippen LogP contribution in [0.1, 0.15) is 64.0 Å². The number of rotatable bonds is 4. The number of aliphatic carboxylic acids is 1. The zero-order valence-corrected chi connectivity index (χ0v) is 13.2. The summed E-state index contributed by atoms with van der Waals surface area (Å²) in [5.41, 5.74) is 2.15. The molecule has 122 valence electrons. The van der Waals surface area contributed by atoms with Gasteiger partial charge in [-0.25, -0.2) is 0 Å². The van der Waals surface area contributed by atoms with E-state index >= 15 is 0 Å². The highest BCUT2D eigenvalue weighted by Gasteiger charge is 2.17. The minimum absolute atomic E-state index is 0.369. The number of benzene rings is 1. The quantitative estimate of drug-likeness (QED) is 0.787. The Balaban J connectivity index is 0. The van der Waals surface area contributed by atoms with Gasteiger partial charge in [0.1, 0.15) is 0 Å². The second-order valence-electron chi connectivity index (χ2n) is 4.37. The summed E-state index contributed by atoms with van der Waals surface area (Å²) in [6, 6.07) is 7.90. The summed E-state index contributed by atoms with van der Waals surface area (Å²) < 4.78 is 29.0. The van der Waals surface area contributed by atoms with Gasteiger partial charge in [-0.15, -0.1) is 0 Å². The van der Waals surface area contributed by atoms with Gasteiger partial charge in [0.2, 0.25) is 0 Å². The number of halogens is 3. The lowest BCUT2D eigenvalue weighted by molar-refractivity contribution is -0.138. The van der Waals surface area contributed by atoms with Crippen molar-refractivity contribution in [1.29, 1.82) is 0 Å². The van der Waals surface area contributed by atoms with Crippen LogP contribution in [0.4, 0.5) is 13.2 Å². The fraction of sp³-hybridized carbons (Fsp3) is 0.562. The Labute approximate surface area is 125 Å². The Kier molecular flexibility index (Phi) is 12.7. The van der Waals surface area contributed by atoms with Crippen LogP contribution < -0.4 is 0 Å². The first kappa shape index (κ1) is 21.8. The van der Waals surface area contributed by atoms with E-state index in [1.54, 1.807) is 0 Å². The molecule has 0 aliphatic rings. The van der Waals surface area contributed by atoms with Gasteiger partial charge in [-0.2, -0.15) is 13.2 Å². The van der Waals surface area contributed by atoms with E-state index in [-0.39, 0.29) is 5.92 Å². The van der Waals surface area contributed by atoms with Crippen molar-refractivity contribution in [3.05, 3.63) is 35.4 Å². The van der Waals surface area contributed by atoms with Crippen molar-refractivity contribution in [2.75, 3.05) is 0 Å². The van der Waals surface area contributed by atoms with E-state index < -0.39 is 12.6 Å². The van der Waals surface area contributed by atoms with Crippen molar-refractivity contribution in [2.45, 2.75) is 59.6 Å². The van der Waals surface area contributed by atoms with Crippen LogP contribution in [0.25, 0.3) is 0 Å². The third kappa shape index (κ3) is 9.93. The van der Waals surface area contributed by atoms with Crippen LogP contribution in [0.3, 0.4) is 0 Å². The highest BCUT2D eigenvalue weighted by molar-refractivity contribution is 5.75. The van der Waals surface area contributed by atoms with E-state index in [1.165, 1.54) is 5.56 Å². The van der Waals surface area contributed by atoms with Crippen LogP contribution >= 0.6 is 0 Å². The predicted octanol–water partition coefficient (Wildman–Crippen LogP) is 5.59. The molecule has 0 aliphatic heterocycles. The molecule has 0 heterocycles. The number of hydrogen-bond acceptors (Lipinski definition) is 1. The molecule has 21 heavy (non-hydrogen) atoms. The number of hydrogen-bond donors (Lipinski definition) is 1. The molecule has 0 radical (unpaired) electrons. The smallest absolute Gasteiger partial charge is 0.379 e. The van der Waals surface area contributed by atoms with Gasteiger partial charge in [0.15, 0.2) is 0 Å². The molecule has 5 heteroatoms. The molecule has 1 aromatic rings. The second-order valence-corrected chi connectivity index (χ2v) is 4.37. The van der Waals surface area contributed by atoms with Gasteiger partial charge in [-0.1, -0.05) is 58.9 Å². The lowest BCUT2D eigenvalue weighted by atomic mass is 9.94. The minimum atomic E-state index is -3.67. The molecular weight excluding hydrogens is 281 g/mol. The van der Waals surface area contributed by atoms with Gasteiger partial charge in [0.25, 0.3) is 0 Å². The molecule has 1 N–H and O–H groups in total. The van der Waals surface area contributed by atoms with E-state index in [0.717, 1.165) is 5.56 Å². The molecule has 0 fully saturated rings. The normalized spacial score (nSPS) is 11.1. The Morgan fingerprint density at radius 2 is 1.38 bits per heavy atom. The monoisotopic (exact) mass is 306 g/mol. The minimum Gasteiger partial charge on any atom is -0.481 e. The van der Waals surface area contributed by atoms with Gasteiger partial charge < -0.3 is 5.11 Å². The summed E-state index contributed by atoms with van der Waals surface area (Å²) in [6.45, 7) is 6.49. The van der Waals surface area contributed by atoms with Crippen LogP contribution in [-0.2, 0) is 4.79 Å². The van der Waals surface area contributed by atoms with Crippen LogP contribution in [0, 0.1) is 0 Å². The first-order valence-corrected chi connectivity index (χ1v) is 7.04. The molecule has 0 bridgehead atoms. The molecule has 0 spiro atoms. The summed E-state index contributed by atoms with van der Waals surface area (Å²) in [5.74, 6) is -0.620. The molecule has 0 aliphatic carbocycles. The predicted molar refractivity (Wildman–Crippen MR) is 79.7 cm³/mol. The number of carboxylic acids is 1. The summed E-state index contributed by atoms with van der Waals surface area (Å²) in [5, 5.41) is 9.01. The molecule has 0 amide bonds. The summed E-state index contributed by atoms with van der Waals surface area (Å²) in [6.07, 6.45) is 0.635. The van der Waals surface area contributed by atoms with E-state index in [1.807, 2.05) is 45.0 Å². The highest BCUT2D eigenvalue weighted by Crippen LogP contribution is 2.22. The molecule has 0 saturated carbocycles. The van der Waals surface area contributed by atoms with E-state index in [4.69, 9.17) is 5.11 Å². The average molecular weight is 306 g/mol. The molecular formula is C16H25F3O2. The lowest BCUT2D eigenvalue weighted by Crippen LogP contribution is -2.10. The standard InChI is InChI=1S/C13H18O2.C2H6.CHF3/c1-4-12(13(14)15)11-7-5-10(6-8-11)9(2)3;1-2;2-1(3)4/h5-9,12H,4H2,1-3H3,(H,14,15);1-2H3;1H/t12-;;/m0../s1. The maximum absolute atomic E-state index is 10.9. The van der Waals surface area contributed by atoms with Crippen molar-refractivity contribution in [1.82, 2.24) is 0 Å². The van der Waals surface area contributed by atoms with Crippen molar-refractivity contribution in [3.63, 3.8) is 0 Å². The first-order chi connectivity index (χ1) is 9.79. The molecule has 0 unspecified atom stereocenters. The molecule has 0 aromatic heterocycles. The SMILES string of the molecule is CC.CC[C@H](C(=O)O)c1ccc(C(C)C)cc1.FC(F)F. The van der Waals surface area contributed by atoms with Crippen molar-refractivity contribution >= 4 is 5.97 Å². The maximum atomic E-state index is 10.9. The Morgan fingerprint density at radius 3 is 1.62 bits per heavy atom.